The molecule has 0 spiro atoms. The van der Waals surface area contributed by atoms with Crippen molar-refractivity contribution in [3.63, 3.8) is 0 Å². The van der Waals surface area contributed by atoms with Crippen molar-refractivity contribution in [2.75, 3.05) is 13.2 Å². The highest BCUT2D eigenvalue weighted by Crippen LogP contribution is 2.25. The maximum Gasteiger partial charge on any atom is 0.518 e. The molecular formula is C13H13F3NO7S-. The van der Waals surface area contributed by atoms with Crippen LogP contribution in [-0.4, -0.2) is 49.2 Å². The number of ether oxygens (including phenoxy) is 1. The fraction of sp³-hybridized carbons (Fsp3) is 0.385. The molecular weight excluding hydrogens is 371 g/mol. The molecule has 25 heavy (non-hydrogen) atoms. The number of hydrogen-bond acceptors (Lipinski definition) is 7. The van der Waals surface area contributed by atoms with Crippen molar-refractivity contribution in [3.8, 4) is 5.75 Å². The van der Waals surface area contributed by atoms with E-state index in [1.54, 1.807) is 0 Å². The van der Waals surface area contributed by atoms with Gasteiger partial charge in [0.1, 0.15) is 11.2 Å². The summed E-state index contributed by atoms with van der Waals surface area (Å²) in [6.07, 6.45) is 0. The molecule has 0 heterocycles. The van der Waals surface area contributed by atoms with Crippen LogP contribution in [0.4, 0.5) is 13.2 Å². The third kappa shape index (κ3) is 4.90. The number of rotatable bonds is 6. The minimum absolute atomic E-state index is 0.316. The van der Waals surface area contributed by atoms with Gasteiger partial charge in [-0.2, -0.15) is 26.0 Å². The van der Waals surface area contributed by atoms with E-state index in [-0.39, 0.29) is 5.75 Å². The summed E-state index contributed by atoms with van der Waals surface area (Å²) in [5.41, 5.74) is -7.95. The van der Waals surface area contributed by atoms with Crippen LogP contribution in [0, 0.1) is 5.41 Å². The molecule has 0 fully saturated rings. The molecule has 1 aromatic rings. The Morgan fingerprint density at radius 2 is 1.84 bits per heavy atom. The second-order valence-corrected chi connectivity index (χ2v) is 6.71. The van der Waals surface area contributed by atoms with E-state index in [1.165, 1.54) is 6.92 Å². The van der Waals surface area contributed by atoms with Gasteiger partial charge in [0, 0.05) is 5.90 Å². The van der Waals surface area contributed by atoms with E-state index in [9.17, 15) is 31.5 Å². The number of carbonyl (C=O) groups excluding carboxylic acids is 1. The fourth-order valence-electron chi connectivity index (χ4n) is 1.32. The maximum absolute atomic E-state index is 12.2. The van der Waals surface area contributed by atoms with Gasteiger partial charge in [-0.25, -0.2) is 0 Å². The Morgan fingerprint density at radius 3 is 2.32 bits per heavy atom. The fourth-order valence-corrected chi connectivity index (χ4v) is 1.74. The number of sulfonamides is 1. The highest BCUT2D eigenvalue weighted by Gasteiger charge is 2.45. The van der Waals surface area contributed by atoms with Gasteiger partial charge in [0.05, 0.1) is 13.2 Å². The summed E-state index contributed by atoms with van der Waals surface area (Å²) in [6.45, 7) is -0.310. The van der Waals surface area contributed by atoms with Crippen LogP contribution < -0.4 is 9.84 Å². The Kier molecular flexibility index (Phi) is 6.15. The predicted molar refractivity (Wildman–Crippen MR) is 75.9 cm³/mol. The number of alkyl halides is 3. The third-order valence-electron chi connectivity index (χ3n) is 2.98. The second kappa shape index (κ2) is 7.37. The molecule has 0 radical (unpaired) electrons. The zero-order valence-electron chi connectivity index (χ0n) is 12.6. The number of hydrogen-bond donors (Lipinski definition) is 2. The van der Waals surface area contributed by atoms with Gasteiger partial charge >= 0.3 is 21.5 Å². The van der Waals surface area contributed by atoms with Crippen LogP contribution in [0.2, 0.25) is 0 Å². The highest BCUT2D eigenvalue weighted by atomic mass is 32.2. The molecule has 2 N–H and O–H groups in total. The normalized spacial score (nSPS) is 13.6. The molecule has 1 aromatic carbocycles. The molecule has 0 aliphatic carbocycles. The summed E-state index contributed by atoms with van der Waals surface area (Å²) in [7, 11) is -6.01. The first kappa shape index (κ1) is 20.9. The van der Waals surface area contributed by atoms with Crippen molar-refractivity contribution in [2.45, 2.75) is 12.4 Å². The van der Waals surface area contributed by atoms with Gasteiger partial charge in [-0.05, 0) is 24.6 Å². The summed E-state index contributed by atoms with van der Waals surface area (Å²) in [5, 5.41) is 29.7. The molecule has 0 saturated carbocycles. The van der Waals surface area contributed by atoms with Crippen molar-refractivity contribution >= 4 is 21.9 Å². The molecule has 12 heteroatoms. The Labute approximate surface area is 140 Å². The van der Waals surface area contributed by atoms with Crippen LogP contribution in [0.15, 0.2) is 28.7 Å². The molecule has 0 aromatic heterocycles. The lowest BCUT2D eigenvalue weighted by molar-refractivity contribution is -0.212. The van der Waals surface area contributed by atoms with Gasteiger partial charge in [0.25, 0.3) is 0 Å². The van der Waals surface area contributed by atoms with Crippen LogP contribution >= 0.6 is 0 Å². The predicted octanol–water partition coefficient (Wildman–Crippen LogP) is -0.461. The van der Waals surface area contributed by atoms with E-state index < -0.39 is 51.6 Å². The quantitative estimate of drug-likeness (QED) is 0.293. The minimum Gasteiger partial charge on any atom is -0.858 e. The summed E-state index contributed by atoms with van der Waals surface area (Å²) in [4.78, 5) is 11.8. The number of carbonyl (C=O) groups is 1. The van der Waals surface area contributed by atoms with Gasteiger partial charge in [-0.15, -0.1) is 0 Å². The number of nitrogens with zero attached hydrogens (tertiary/aromatic N) is 1. The first-order chi connectivity index (χ1) is 11.4. The van der Waals surface area contributed by atoms with Crippen molar-refractivity contribution in [3.05, 3.63) is 29.8 Å². The van der Waals surface area contributed by atoms with Crippen molar-refractivity contribution in [1.29, 1.82) is 0 Å². The SMILES string of the molecule is CC(CO)(CO)C(=O)Oc1cccc(/C([O-])=N\S(=O)(=O)C(F)(F)F)c1. The van der Waals surface area contributed by atoms with Crippen molar-refractivity contribution in [1.82, 2.24) is 0 Å². The van der Waals surface area contributed by atoms with E-state index >= 15 is 0 Å². The maximum atomic E-state index is 12.2. The van der Waals surface area contributed by atoms with Crippen molar-refractivity contribution in [2.24, 2.45) is 9.81 Å². The third-order valence-corrected chi connectivity index (χ3v) is 3.97. The van der Waals surface area contributed by atoms with E-state index in [1.807, 2.05) is 0 Å². The van der Waals surface area contributed by atoms with Crippen LogP contribution in [0.5, 0.6) is 5.75 Å². The minimum atomic E-state index is -6.01. The van der Waals surface area contributed by atoms with E-state index in [4.69, 9.17) is 14.9 Å². The highest BCUT2D eigenvalue weighted by molar-refractivity contribution is 7.91. The average molecular weight is 384 g/mol. The van der Waals surface area contributed by atoms with Crippen molar-refractivity contribution < 1.29 is 46.4 Å². The summed E-state index contributed by atoms with van der Waals surface area (Å²) < 4.78 is 65.3. The number of esters is 1. The Balaban J connectivity index is 3.12. The molecule has 0 atom stereocenters. The molecule has 0 aliphatic rings. The lowest BCUT2D eigenvalue weighted by atomic mass is 9.93. The van der Waals surface area contributed by atoms with E-state index in [0.29, 0.717) is 0 Å². The zero-order chi connectivity index (χ0) is 19.5. The topological polar surface area (TPSA) is 136 Å². The number of halogens is 3. The first-order valence-corrected chi connectivity index (χ1v) is 7.93. The Hall–Kier alpha value is -2.18. The summed E-state index contributed by atoms with van der Waals surface area (Å²) in [6, 6.07) is 4.03. The molecule has 0 amide bonds. The van der Waals surface area contributed by atoms with Gasteiger partial charge in [0.2, 0.25) is 0 Å². The van der Waals surface area contributed by atoms with Gasteiger partial charge in [0.15, 0.2) is 0 Å². The zero-order valence-corrected chi connectivity index (χ0v) is 13.5. The van der Waals surface area contributed by atoms with Crippen LogP contribution in [-0.2, 0) is 14.8 Å². The monoisotopic (exact) mass is 384 g/mol. The number of aliphatic hydroxyl groups is 2. The number of aliphatic hydroxyl groups excluding tert-OH is 2. The molecule has 0 bridgehead atoms. The summed E-state index contributed by atoms with van der Waals surface area (Å²) in [5.74, 6) is -3.09. The van der Waals surface area contributed by atoms with E-state index in [2.05, 4.69) is 4.40 Å². The Morgan fingerprint density at radius 1 is 1.28 bits per heavy atom. The molecule has 0 unspecified atom stereocenters. The molecule has 0 aliphatic heterocycles. The largest absolute Gasteiger partial charge is 0.858 e. The Bertz CT molecular complexity index is 770. The lowest BCUT2D eigenvalue weighted by Gasteiger charge is -2.22. The van der Waals surface area contributed by atoms with Crippen LogP contribution in [0.3, 0.4) is 0 Å². The van der Waals surface area contributed by atoms with Gasteiger partial charge in [-0.1, -0.05) is 12.1 Å². The van der Waals surface area contributed by atoms with Gasteiger partial charge in [-0.3, -0.25) is 4.79 Å². The molecule has 1 rings (SSSR count). The lowest BCUT2D eigenvalue weighted by Crippen LogP contribution is -2.38. The second-order valence-electron chi connectivity index (χ2n) is 5.11. The van der Waals surface area contributed by atoms with E-state index in [0.717, 1.165) is 24.3 Å². The molecule has 8 nitrogen and oxygen atoms in total. The smallest absolute Gasteiger partial charge is 0.518 e. The standard InChI is InChI=1S/C13H14F3NO7S/c1-12(6-18,7-19)11(21)24-9-4-2-3-8(5-9)10(20)17-25(22,23)13(14,15)16/h2-5,18-19H,6-7H2,1H3,(H,17,20)/p-1. The average Bonchev–Trinajstić information content (AvgIpc) is 2.52. The van der Waals surface area contributed by atoms with Crippen LogP contribution in [0.1, 0.15) is 12.5 Å². The molecule has 0 saturated heterocycles. The first-order valence-electron chi connectivity index (χ1n) is 6.49. The number of benzene rings is 1. The summed E-state index contributed by atoms with van der Waals surface area (Å²) >= 11 is 0. The molecule has 140 valence electrons. The van der Waals surface area contributed by atoms with Gasteiger partial charge < -0.3 is 20.1 Å². The van der Waals surface area contributed by atoms with Crippen LogP contribution in [0.25, 0.3) is 0 Å².